The van der Waals surface area contributed by atoms with Crippen LogP contribution in [0.15, 0.2) is 193 Å². The molecule has 0 aliphatic carbocycles. The Balaban J connectivity index is 1.54. The lowest BCUT2D eigenvalue weighted by Gasteiger charge is -2.23. The molecule has 7 rings (SSSR count). The topological polar surface area (TPSA) is 26.3 Å². The molecule has 0 bridgehead atoms. The van der Waals surface area contributed by atoms with Crippen molar-refractivity contribution < 1.29 is 4.74 Å². The zero-order valence-electron chi connectivity index (χ0n) is 26.9. The van der Waals surface area contributed by atoms with Crippen LogP contribution in [0, 0.1) is 0 Å². The van der Waals surface area contributed by atoms with Crippen molar-refractivity contribution in [2.75, 3.05) is 7.11 Å². The summed E-state index contributed by atoms with van der Waals surface area (Å²) >= 11 is 0. The summed E-state index contributed by atoms with van der Waals surface area (Å²) in [5.74, 6) is 0.210. The highest BCUT2D eigenvalue weighted by atomic mass is 16.5. The molecule has 0 aromatic heterocycles. The molecule has 2 nitrogen and oxygen atoms in total. The first-order valence-electron chi connectivity index (χ1n) is 16.3. The molecule has 7 aromatic rings. The van der Waals surface area contributed by atoms with Crippen molar-refractivity contribution in [1.82, 2.24) is 0 Å². The molecule has 7 aromatic carbocycles. The fourth-order valence-electron chi connectivity index (χ4n) is 6.78. The third-order valence-corrected chi connectivity index (χ3v) is 9.04. The van der Waals surface area contributed by atoms with Gasteiger partial charge >= 0.3 is 0 Å². The van der Waals surface area contributed by atoms with Crippen molar-refractivity contribution >= 4 is 0 Å². The van der Waals surface area contributed by atoms with E-state index in [9.17, 15) is 4.79 Å². The molecule has 0 fully saturated rings. The Morgan fingerprint density at radius 3 is 1.17 bits per heavy atom. The summed E-state index contributed by atoms with van der Waals surface area (Å²) in [5.41, 5.74) is 9.88. The van der Waals surface area contributed by atoms with Crippen molar-refractivity contribution in [2.24, 2.45) is 0 Å². The van der Waals surface area contributed by atoms with Crippen LogP contribution in [0.3, 0.4) is 0 Å². The molecule has 0 spiro atoms. The molecule has 0 atom stereocenters. The summed E-state index contributed by atoms with van der Waals surface area (Å²) in [5, 5.41) is 0. The van der Waals surface area contributed by atoms with E-state index in [4.69, 9.17) is 4.74 Å². The van der Waals surface area contributed by atoms with Crippen LogP contribution in [0.2, 0.25) is 0 Å². The van der Waals surface area contributed by atoms with Crippen molar-refractivity contribution in [3.8, 4) is 28.0 Å². The predicted molar refractivity (Wildman–Crippen MR) is 198 cm³/mol. The molecule has 0 aliphatic heterocycles. The van der Waals surface area contributed by atoms with Gasteiger partial charge in [-0.2, -0.15) is 0 Å². The summed E-state index contributed by atoms with van der Waals surface area (Å²) < 4.78 is 6.39. The monoisotopic (exact) mass is 620 g/mol. The molecule has 2 heteroatoms. The maximum Gasteiger partial charge on any atom is 0.183 e. The molecular formula is C46H36O2. The summed E-state index contributed by atoms with van der Waals surface area (Å²) in [4.78, 5) is 14.8. The van der Waals surface area contributed by atoms with Crippen molar-refractivity contribution in [3.63, 3.8) is 0 Å². The third kappa shape index (κ3) is 6.34. The van der Waals surface area contributed by atoms with E-state index in [1.807, 2.05) is 66.7 Å². The number of hydrogen-bond acceptors (Lipinski definition) is 2. The maximum absolute atomic E-state index is 14.8. The Bertz CT molecular complexity index is 2070. The lowest BCUT2D eigenvalue weighted by Crippen LogP contribution is -2.14. The van der Waals surface area contributed by atoms with Gasteiger partial charge in [-0.1, -0.05) is 176 Å². The number of ether oxygens (including phenoxy) is 1. The smallest absolute Gasteiger partial charge is 0.183 e. The minimum absolute atomic E-state index is 0.0423. The van der Waals surface area contributed by atoms with E-state index in [0.717, 1.165) is 50.1 Å². The average Bonchev–Trinajstić information content (AvgIpc) is 3.30. The number of hydrogen-bond donors (Lipinski definition) is 0. The molecule has 48 heavy (non-hydrogen) atoms. The van der Waals surface area contributed by atoms with Crippen LogP contribution in [-0.2, 0) is 0 Å². The van der Waals surface area contributed by atoms with Gasteiger partial charge in [-0.3, -0.25) is 4.79 Å². The van der Waals surface area contributed by atoms with E-state index < -0.39 is 0 Å². The summed E-state index contributed by atoms with van der Waals surface area (Å²) in [6.45, 7) is 0. The summed E-state index contributed by atoms with van der Waals surface area (Å²) in [6.07, 6.45) is 0. The second kappa shape index (κ2) is 14.2. The van der Waals surface area contributed by atoms with Crippen molar-refractivity contribution in [1.29, 1.82) is 0 Å². The molecule has 0 aliphatic rings. The van der Waals surface area contributed by atoms with E-state index in [1.54, 1.807) is 13.2 Å². The van der Waals surface area contributed by atoms with Gasteiger partial charge in [0.15, 0.2) is 5.43 Å². The summed E-state index contributed by atoms with van der Waals surface area (Å²) in [7, 11) is 1.71. The Hall–Kier alpha value is -5.99. The predicted octanol–water partition coefficient (Wildman–Crippen LogP) is 10.7. The largest absolute Gasteiger partial charge is 0.496 e. The van der Waals surface area contributed by atoms with E-state index in [0.29, 0.717) is 11.3 Å². The highest BCUT2D eigenvalue weighted by Gasteiger charge is 2.27. The Labute approximate surface area is 282 Å². The van der Waals surface area contributed by atoms with Gasteiger partial charge in [-0.05, 0) is 51.1 Å². The standard InChI is InChI=1S/C46H36O2/c1-48-46-40(35-29-27-34(28-30-35)33-17-7-2-8-18-33)32-43(47)41(44(36-19-9-3-10-20-36)37-21-11-4-12-22-37)31-42(46)45(38-23-13-5-14-24-38)39-25-15-6-16-26-39/h2-32,44-45H,1H3. The van der Waals surface area contributed by atoms with Gasteiger partial charge in [0.25, 0.3) is 0 Å². The van der Waals surface area contributed by atoms with Crippen LogP contribution in [0.1, 0.15) is 45.2 Å². The lowest BCUT2D eigenvalue weighted by molar-refractivity contribution is 0.411. The van der Waals surface area contributed by atoms with Crippen molar-refractivity contribution in [2.45, 2.75) is 11.8 Å². The fourth-order valence-corrected chi connectivity index (χ4v) is 6.78. The average molecular weight is 621 g/mol. The third-order valence-electron chi connectivity index (χ3n) is 9.04. The van der Waals surface area contributed by atoms with Gasteiger partial charge < -0.3 is 4.74 Å². The zero-order chi connectivity index (χ0) is 32.7. The molecular weight excluding hydrogens is 585 g/mol. The highest BCUT2D eigenvalue weighted by Crippen LogP contribution is 2.43. The van der Waals surface area contributed by atoms with Crippen LogP contribution in [0.5, 0.6) is 5.75 Å². The Morgan fingerprint density at radius 1 is 0.396 bits per heavy atom. The zero-order valence-corrected chi connectivity index (χ0v) is 26.9. The number of methoxy groups -OCH3 is 1. The van der Waals surface area contributed by atoms with Crippen LogP contribution in [0.25, 0.3) is 22.3 Å². The summed E-state index contributed by atoms with van der Waals surface area (Å²) in [6, 6.07) is 64.2. The fraction of sp³-hybridized carbons (Fsp3) is 0.0652. The SMILES string of the molecule is COc1c(-c2ccc(-c3ccccc3)cc2)cc(=O)c(C(c2ccccc2)c2ccccc2)cc1C(c1ccccc1)c1ccccc1. The molecule has 0 saturated heterocycles. The first kappa shape index (κ1) is 30.7. The van der Waals surface area contributed by atoms with Crippen molar-refractivity contribution in [3.05, 3.63) is 232 Å². The molecule has 0 radical (unpaired) electrons. The highest BCUT2D eigenvalue weighted by molar-refractivity contribution is 5.76. The van der Waals surface area contributed by atoms with E-state index in [1.165, 1.54) is 0 Å². The molecule has 0 unspecified atom stereocenters. The Kier molecular flexibility index (Phi) is 9.06. The molecule has 232 valence electrons. The molecule has 0 saturated carbocycles. The number of rotatable bonds is 9. The minimum atomic E-state index is -0.281. The van der Waals surface area contributed by atoms with E-state index in [2.05, 4.69) is 115 Å². The minimum Gasteiger partial charge on any atom is -0.496 e. The van der Waals surface area contributed by atoms with Crippen LogP contribution >= 0.6 is 0 Å². The van der Waals surface area contributed by atoms with Gasteiger partial charge in [-0.15, -0.1) is 0 Å². The Morgan fingerprint density at radius 2 is 0.750 bits per heavy atom. The normalized spacial score (nSPS) is 11.1. The quantitative estimate of drug-likeness (QED) is 0.160. The first-order valence-corrected chi connectivity index (χ1v) is 16.3. The van der Waals surface area contributed by atoms with Gasteiger partial charge in [-0.25, -0.2) is 0 Å². The van der Waals surface area contributed by atoms with Gasteiger partial charge in [0, 0.05) is 28.5 Å². The molecule has 0 heterocycles. The maximum atomic E-state index is 14.8. The van der Waals surface area contributed by atoms with Gasteiger partial charge in [0.05, 0.1) is 7.11 Å². The van der Waals surface area contributed by atoms with E-state index >= 15 is 0 Å². The van der Waals surface area contributed by atoms with Crippen LogP contribution < -0.4 is 10.2 Å². The van der Waals surface area contributed by atoms with Gasteiger partial charge in [0.2, 0.25) is 0 Å². The van der Waals surface area contributed by atoms with Crippen LogP contribution in [0.4, 0.5) is 0 Å². The lowest BCUT2D eigenvalue weighted by atomic mass is 9.81. The van der Waals surface area contributed by atoms with E-state index in [-0.39, 0.29) is 17.3 Å². The molecule has 0 N–H and O–H groups in total. The second-order valence-electron chi connectivity index (χ2n) is 12.0. The molecule has 0 amide bonds. The number of benzene rings is 6. The van der Waals surface area contributed by atoms with Gasteiger partial charge in [0.1, 0.15) is 5.75 Å². The second-order valence-corrected chi connectivity index (χ2v) is 12.0. The first-order chi connectivity index (χ1) is 23.7. The van der Waals surface area contributed by atoms with Crippen LogP contribution in [-0.4, -0.2) is 7.11 Å².